The van der Waals surface area contributed by atoms with Crippen LogP contribution in [-0.4, -0.2) is 20.9 Å². The van der Waals surface area contributed by atoms with Gasteiger partial charge in [-0.15, -0.1) is 22.7 Å². The Bertz CT molecular complexity index is 920. The third-order valence-electron chi connectivity index (χ3n) is 4.76. The first-order chi connectivity index (χ1) is 12.6. The molecule has 1 aromatic carbocycles. The zero-order chi connectivity index (χ0) is 18.1. The molecule has 0 aliphatic heterocycles. The molecule has 2 heterocycles. The number of thiazole rings is 2. The van der Waals surface area contributed by atoms with E-state index in [2.05, 4.69) is 34.2 Å². The van der Waals surface area contributed by atoms with Crippen LogP contribution in [0.1, 0.15) is 33.3 Å². The van der Waals surface area contributed by atoms with Crippen LogP contribution < -0.4 is 0 Å². The van der Waals surface area contributed by atoms with Gasteiger partial charge in [0, 0.05) is 11.8 Å². The van der Waals surface area contributed by atoms with E-state index in [9.17, 15) is 9.90 Å². The second kappa shape index (κ2) is 7.39. The summed E-state index contributed by atoms with van der Waals surface area (Å²) in [4.78, 5) is 22.4. The van der Waals surface area contributed by atoms with E-state index in [4.69, 9.17) is 0 Å². The second-order valence-corrected chi connectivity index (χ2v) is 8.80. The van der Waals surface area contributed by atoms with Gasteiger partial charge in [-0.2, -0.15) is 0 Å². The minimum Gasteiger partial charge on any atom is -0.389 e. The third kappa shape index (κ3) is 3.63. The van der Waals surface area contributed by atoms with Crippen LogP contribution in [0.4, 0.5) is 0 Å². The largest absolute Gasteiger partial charge is 0.389 e. The Morgan fingerprint density at radius 2 is 1.92 bits per heavy atom. The van der Waals surface area contributed by atoms with E-state index in [1.807, 2.05) is 12.3 Å². The van der Waals surface area contributed by atoms with Crippen molar-refractivity contribution >= 4 is 28.5 Å². The molecule has 1 N–H and O–H groups in total. The molecule has 0 saturated heterocycles. The molecule has 1 aliphatic carbocycles. The predicted octanol–water partition coefficient (Wildman–Crippen LogP) is 3.98. The normalized spacial score (nSPS) is 13.9. The zero-order valence-electron chi connectivity index (χ0n) is 14.6. The van der Waals surface area contributed by atoms with E-state index < -0.39 is 0 Å². The van der Waals surface area contributed by atoms with Crippen molar-refractivity contribution in [2.75, 3.05) is 0 Å². The maximum absolute atomic E-state index is 12.5. The number of hydrogen-bond donors (Lipinski definition) is 1. The first kappa shape index (κ1) is 17.5. The van der Waals surface area contributed by atoms with Crippen LogP contribution in [0, 0.1) is 12.8 Å². The summed E-state index contributed by atoms with van der Waals surface area (Å²) in [7, 11) is 0. The number of Topliss-reactive ketones (excluding diaryl/α,β-unsaturated/α-hetero) is 1. The van der Waals surface area contributed by atoms with Crippen LogP contribution >= 0.6 is 22.7 Å². The predicted molar refractivity (Wildman–Crippen MR) is 105 cm³/mol. The Kier molecular flexibility index (Phi) is 4.98. The molecule has 0 fully saturated rings. The molecule has 6 heteroatoms. The first-order valence-corrected chi connectivity index (χ1v) is 10.4. The summed E-state index contributed by atoms with van der Waals surface area (Å²) in [5, 5.41) is 12.8. The molecule has 0 amide bonds. The molecule has 2 aromatic heterocycles. The lowest BCUT2D eigenvalue weighted by Gasteiger charge is -2.06. The van der Waals surface area contributed by atoms with Crippen molar-refractivity contribution in [2.24, 2.45) is 5.92 Å². The number of aliphatic hydroxyl groups excluding tert-OH is 1. The van der Waals surface area contributed by atoms with Crippen molar-refractivity contribution in [1.82, 2.24) is 9.97 Å². The molecule has 0 atom stereocenters. The number of hydrogen-bond acceptors (Lipinski definition) is 6. The Labute approximate surface area is 160 Å². The molecule has 4 nitrogen and oxygen atoms in total. The fourth-order valence-electron chi connectivity index (χ4n) is 3.61. The van der Waals surface area contributed by atoms with Crippen molar-refractivity contribution in [2.45, 2.75) is 39.2 Å². The number of aromatic nitrogens is 2. The second-order valence-electron chi connectivity index (χ2n) is 6.77. The van der Waals surface area contributed by atoms with Gasteiger partial charge in [0.05, 0.1) is 29.3 Å². The highest BCUT2D eigenvalue weighted by Crippen LogP contribution is 2.32. The molecule has 1 aliphatic rings. The van der Waals surface area contributed by atoms with Crippen molar-refractivity contribution in [3.63, 3.8) is 0 Å². The molecule has 0 unspecified atom stereocenters. The Morgan fingerprint density at radius 3 is 2.58 bits per heavy atom. The van der Waals surface area contributed by atoms with Gasteiger partial charge < -0.3 is 5.11 Å². The molecular formula is C20H20N2O2S2. The van der Waals surface area contributed by atoms with E-state index >= 15 is 0 Å². The molecule has 0 radical (unpaired) electrons. The number of carbonyl (C=O) groups excluding carboxylic acids is 1. The summed E-state index contributed by atoms with van der Waals surface area (Å²) in [5.74, 6) is 0.691. The number of nitrogens with zero attached hydrogens (tertiary/aromatic N) is 2. The molecule has 3 aromatic rings. The van der Waals surface area contributed by atoms with Gasteiger partial charge in [-0.1, -0.05) is 24.3 Å². The standard InChI is InChI=1S/C20H20N2O2S2/c1-12-20(26-19(10-23)21-12)17-11-25-18(22-17)9-16(24)8-13-6-14-4-2-3-5-15(14)7-13/h2-5,11,13,23H,6-10H2,1H3. The smallest absolute Gasteiger partial charge is 0.139 e. The number of fused-ring (bicyclic) bond motifs is 1. The summed E-state index contributed by atoms with van der Waals surface area (Å²) >= 11 is 2.99. The molecule has 0 bridgehead atoms. The summed E-state index contributed by atoms with van der Waals surface area (Å²) in [6, 6.07) is 8.49. The van der Waals surface area contributed by atoms with Crippen LogP contribution in [0.3, 0.4) is 0 Å². The summed E-state index contributed by atoms with van der Waals surface area (Å²) < 4.78 is 0. The summed E-state index contributed by atoms with van der Waals surface area (Å²) in [6.07, 6.45) is 3.05. The highest BCUT2D eigenvalue weighted by molar-refractivity contribution is 7.16. The first-order valence-electron chi connectivity index (χ1n) is 8.72. The monoisotopic (exact) mass is 384 g/mol. The molecule has 0 spiro atoms. The Balaban J connectivity index is 1.38. The van der Waals surface area contributed by atoms with Crippen LogP contribution in [-0.2, 0) is 30.7 Å². The number of ketones is 1. The highest BCUT2D eigenvalue weighted by Gasteiger charge is 2.23. The number of aliphatic hydroxyl groups is 1. The van der Waals surface area contributed by atoms with Gasteiger partial charge in [0.15, 0.2) is 0 Å². The summed E-state index contributed by atoms with van der Waals surface area (Å²) in [5.41, 5.74) is 4.52. The van der Waals surface area contributed by atoms with Crippen LogP contribution in [0.25, 0.3) is 10.6 Å². The third-order valence-corrected chi connectivity index (χ3v) is 6.77. The molecule has 26 heavy (non-hydrogen) atoms. The topological polar surface area (TPSA) is 63.1 Å². The van der Waals surface area contributed by atoms with Crippen LogP contribution in [0.5, 0.6) is 0 Å². The number of rotatable bonds is 6. The fourth-order valence-corrected chi connectivity index (χ4v) is 5.38. The Morgan fingerprint density at radius 1 is 1.19 bits per heavy atom. The minimum absolute atomic E-state index is 0.0508. The number of carbonyl (C=O) groups is 1. The van der Waals surface area contributed by atoms with Gasteiger partial charge in [0.2, 0.25) is 0 Å². The maximum Gasteiger partial charge on any atom is 0.139 e. The van der Waals surface area contributed by atoms with Crippen molar-refractivity contribution < 1.29 is 9.90 Å². The highest BCUT2D eigenvalue weighted by atomic mass is 32.1. The van der Waals surface area contributed by atoms with E-state index in [1.165, 1.54) is 33.8 Å². The number of benzene rings is 1. The minimum atomic E-state index is -0.0508. The average Bonchev–Trinajstić information content (AvgIpc) is 3.32. The quantitative estimate of drug-likeness (QED) is 0.698. The Hall–Kier alpha value is -1.89. The van der Waals surface area contributed by atoms with Gasteiger partial charge in [0.1, 0.15) is 15.8 Å². The van der Waals surface area contributed by atoms with E-state index in [-0.39, 0.29) is 12.4 Å². The van der Waals surface area contributed by atoms with Gasteiger partial charge in [-0.05, 0) is 36.8 Å². The van der Waals surface area contributed by atoms with E-state index in [0.29, 0.717) is 23.8 Å². The van der Waals surface area contributed by atoms with Crippen LogP contribution in [0.2, 0.25) is 0 Å². The lowest BCUT2D eigenvalue weighted by Crippen LogP contribution is -2.11. The van der Waals surface area contributed by atoms with Crippen molar-refractivity contribution in [1.29, 1.82) is 0 Å². The summed E-state index contributed by atoms with van der Waals surface area (Å²) in [6.45, 7) is 1.87. The lowest BCUT2D eigenvalue weighted by molar-refractivity contribution is -0.119. The van der Waals surface area contributed by atoms with E-state index in [0.717, 1.165) is 34.1 Å². The zero-order valence-corrected chi connectivity index (χ0v) is 16.2. The van der Waals surface area contributed by atoms with Crippen LogP contribution in [0.15, 0.2) is 29.6 Å². The maximum atomic E-state index is 12.5. The molecular weight excluding hydrogens is 364 g/mol. The van der Waals surface area contributed by atoms with Crippen molar-refractivity contribution in [3.8, 4) is 10.6 Å². The van der Waals surface area contributed by atoms with E-state index in [1.54, 1.807) is 0 Å². The van der Waals surface area contributed by atoms with Gasteiger partial charge in [-0.25, -0.2) is 9.97 Å². The van der Waals surface area contributed by atoms with Gasteiger partial charge >= 0.3 is 0 Å². The molecule has 134 valence electrons. The fraction of sp³-hybridized carbons (Fsp3) is 0.350. The molecule has 4 rings (SSSR count). The SMILES string of the molecule is Cc1nc(CO)sc1-c1csc(CC(=O)CC2Cc3ccccc3C2)n1. The number of aryl methyl sites for hydroxylation is 1. The van der Waals surface area contributed by atoms with Gasteiger partial charge in [0.25, 0.3) is 0 Å². The average molecular weight is 385 g/mol. The van der Waals surface area contributed by atoms with Gasteiger partial charge in [-0.3, -0.25) is 4.79 Å². The van der Waals surface area contributed by atoms with Crippen molar-refractivity contribution in [3.05, 3.63) is 56.5 Å². The lowest BCUT2D eigenvalue weighted by atomic mass is 9.98. The molecule has 0 saturated carbocycles.